The SMILES string of the molecule is O=C(P)Nc1ccc(SCCc2ccc(C3C=CCCC3)cc2)cc1. The predicted octanol–water partition coefficient (Wildman–Crippen LogP) is 6.25. The number of hydrogen-bond acceptors (Lipinski definition) is 2. The van der Waals surface area contributed by atoms with Crippen LogP contribution in [0.25, 0.3) is 0 Å². The lowest BCUT2D eigenvalue weighted by Crippen LogP contribution is -2.00. The molecule has 0 aliphatic heterocycles. The Morgan fingerprint density at radius 3 is 2.52 bits per heavy atom. The zero-order chi connectivity index (χ0) is 17.5. The number of rotatable bonds is 6. The highest BCUT2D eigenvalue weighted by molar-refractivity contribution is 7.99. The average Bonchev–Trinajstić information content (AvgIpc) is 2.64. The van der Waals surface area contributed by atoms with Crippen molar-refractivity contribution in [3.63, 3.8) is 0 Å². The molecule has 0 fully saturated rings. The van der Waals surface area contributed by atoms with Crippen LogP contribution in [0.3, 0.4) is 0 Å². The summed E-state index contributed by atoms with van der Waals surface area (Å²) in [5.41, 5.74) is 3.55. The summed E-state index contributed by atoms with van der Waals surface area (Å²) in [6.07, 6.45) is 9.55. The highest BCUT2D eigenvalue weighted by atomic mass is 32.2. The normalized spacial score (nSPS) is 16.6. The molecular formula is C21H24NOPS. The molecule has 0 radical (unpaired) electrons. The Hall–Kier alpha value is -1.57. The quantitative estimate of drug-likeness (QED) is 0.370. The summed E-state index contributed by atoms with van der Waals surface area (Å²) in [6, 6.07) is 17.1. The van der Waals surface area contributed by atoms with Crippen LogP contribution >= 0.6 is 21.0 Å². The monoisotopic (exact) mass is 369 g/mol. The molecule has 1 amide bonds. The van der Waals surface area contributed by atoms with E-state index in [2.05, 4.69) is 63.1 Å². The minimum absolute atomic E-state index is 0.118. The van der Waals surface area contributed by atoms with Crippen LogP contribution < -0.4 is 5.32 Å². The van der Waals surface area contributed by atoms with Gasteiger partial charge in [-0.25, -0.2) is 0 Å². The summed E-state index contributed by atoms with van der Waals surface area (Å²) in [7, 11) is 2.12. The Morgan fingerprint density at radius 2 is 1.88 bits per heavy atom. The number of hydrogen-bond donors (Lipinski definition) is 1. The van der Waals surface area contributed by atoms with Crippen LogP contribution in [-0.2, 0) is 6.42 Å². The molecule has 0 aromatic heterocycles. The van der Waals surface area contributed by atoms with E-state index in [1.807, 2.05) is 23.9 Å². The summed E-state index contributed by atoms with van der Waals surface area (Å²) in [6.45, 7) is 0. The Kier molecular flexibility index (Phi) is 6.72. The van der Waals surface area contributed by atoms with Gasteiger partial charge in [0.1, 0.15) is 0 Å². The van der Waals surface area contributed by atoms with Crippen molar-refractivity contribution in [2.45, 2.75) is 36.5 Å². The first kappa shape index (κ1) is 18.2. The van der Waals surface area contributed by atoms with E-state index in [0.717, 1.165) is 17.9 Å². The van der Waals surface area contributed by atoms with Gasteiger partial charge in [0, 0.05) is 22.3 Å². The van der Waals surface area contributed by atoms with E-state index >= 15 is 0 Å². The summed E-state index contributed by atoms with van der Waals surface area (Å²) in [5, 5.41) is 2.76. The second-order valence-corrected chi connectivity index (χ2v) is 8.01. The smallest absolute Gasteiger partial charge is 0.239 e. The fourth-order valence-electron chi connectivity index (χ4n) is 3.09. The number of carbonyl (C=O) groups is 1. The van der Waals surface area contributed by atoms with Gasteiger partial charge in [-0.3, -0.25) is 4.79 Å². The zero-order valence-electron chi connectivity index (χ0n) is 14.3. The van der Waals surface area contributed by atoms with Gasteiger partial charge < -0.3 is 5.32 Å². The molecular weight excluding hydrogens is 345 g/mol. The number of benzene rings is 2. The molecule has 0 saturated heterocycles. The van der Waals surface area contributed by atoms with Gasteiger partial charge in [0.15, 0.2) is 0 Å². The standard InChI is InChI=1S/C21H24NOPS/c23-21(24)22-19-10-12-20(13-11-19)25-15-14-16-6-8-18(9-7-16)17-4-2-1-3-5-17/h2,4,6-13,17H,1,3,5,14-15,24H2,(H,22,23). The lowest BCUT2D eigenvalue weighted by Gasteiger charge is -2.17. The van der Waals surface area contributed by atoms with E-state index < -0.39 is 0 Å². The van der Waals surface area contributed by atoms with Gasteiger partial charge in [-0.05, 0) is 70.3 Å². The van der Waals surface area contributed by atoms with Crippen molar-refractivity contribution < 1.29 is 4.79 Å². The maximum Gasteiger partial charge on any atom is 0.239 e. The fourth-order valence-corrected chi connectivity index (χ4v) is 4.15. The van der Waals surface area contributed by atoms with Crippen LogP contribution in [0.15, 0.2) is 65.6 Å². The minimum Gasteiger partial charge on any atom is -0.323 e. The maximum absolute atomic E-state index is 11.0. The third kappa shape index (κ3) is 5.73. The molecule has 3 rings (SSSR count). The minimum atomic E-state index is -0.118. The van der Waals surface area contributed by atoms with Crippen molar-refractivity contribution in [2.75, 3.05) is 11.1 Å². The molecule has 2 atom stereocenters. The third-order valence-electron chi connectivity index (χ3n) is 4.44. The van der Waals surface area contributed by atoms with Gasteiger partial charge in [0.2, 0.25) is 5.65 Å². The predicted molar refractivity (Wildman–Crippen MR) is 112 cm³/mol. The van der Waals surface area contributed by atoms with E-state index in [1.165, 1.54) is 35.3 Å². The molecule has 1 N–H and O–H groups in total. The number of amides is 1. The second kappa shape index (κ2) is 9.22. The largest absolute Gasteiger partial charge is 0.323 e. The van der Waals surface area contributed by atoms with Gasteiger partial charge in [-0.1, -0.05) is 36.4 Å². The number of aryl methyl sites for hydroxylation is 1. The number of thioether (sulfide) groups is 1. The first-order valence-corrected chi connectivity index (χ1v) is 10.3. The lowest BCUT2D eigenvalue weighted by molar-refractivity contribution is 0.269. The van der Waals surface area contributed by atoms with Crippen LogP contribution in [0.2, 0.25) is 0 Å². The summed E-state index contributed by atoms with van der Waals surface area (Å²) in [5.74, 6) is 1.66. The fraction of sp³-hybridized carbons (Fsp3) is 0.286. The molecule has 0 spiro atoms. The topological polar surface area (TPSA) is 29.1 Å². The van der Waals surface area contributed by atoms with Crippen molar-refractivity contribution in [3.05, 3.63) is 71.8 Å². The molecule has 4 heteroatoms. The molecule has 2 unspecified atom stereocenters. The highest BCUT2D eigenvalue weighted by Crippen LogP contribution is 2.28. The van der Waals surface area contributed by atoms with Crippen molar-refractivity contribution in [1.29, 1.82) is 0 Å². The Balaban J connectivity index is 1.47. The Morgan fingerprint density at radius 1 is 1.12 bits per heavy atom. The van der Waals surface area contributed by atoms with Crippen molar-refractivity contribution in [3.8, 4) is 0 Å². The molecule has 1 aliphatic rings. The van der Waals surface area contributed by atoms with Gasteiger partial charge in [-0.2, -0.15) is 0 Å². The molecule has 0 bridgehead atoms. The highest BCUT2D eigenvalue weighted by Gasteiger charge is 2.10. The van der Waals surface area contributed by atoms with Crippen molar-refractivity contribution in [2.24, 2.45) is 0 Å². The van der Waals surface area contributed by atoms with E-state index in [4.69, 9.17) is 0 Å². The van der Waals surface area contributed by atoms with Crippen LogP contribution in [0, 0.1) is 0 Å². The van der Waals surface area contributed by atoms with Crippen LogP contribution in [0.5, 0.6) is 0 Å². The van der Waals surface area contributed by atoms with Crippen molar-refractivity contribution in [1.82, 2.24) is 0 Å². The summed E-state index contributed by atoms with van der Waals surface area (Å²) >= 11 is 1.85. The average molecular weight is 369 g/mol. The second-order valence-electron chi connectivity index (χ2n) is 6.32. The number of carbonyl (C=O) groups excluding carboxylic acids is 1. The molecule has 2 aromatic carbocycles. The van der Waals surface area contributed by atoms with Crippen molar-refractivity contribution >= 4 is 32.3 Å². The maximum atomic E-state index is 11.0. The molecule has 0 saturated carbocycles. The van der Waals surface area contributed by atoms with Gasteiger partial charge >= 0.3 is 0 Å². The van der Waals surface area contributed by atoms with Crippen LogP contribution in [-0.4, -0.2) is 11.4 Å². The molecule has 130 valence electrons. The molecule has 1 aliphatic carbocycles. The Labute approximate surface area is 156 Å². The number of anilines is 1. The number of allylic oxidation sites excluding steroid dienone is 2. The van der Waals surface area contributed by atoms with E-state index in [-0.39, 0.29) is 5.65 Å². The van der Waals surface area contributed by atoms with E-state index in [9.17, 15) is 4.79 Å². The number of nitrogens with one attached hydrogen (secondary N) is 1. The zero-order valence-corrected chi connectivity index (χ0v) is 16.3. The Bertz CT molecular complexity index is 725. The van der Waals surface area contributed by atoms with E-state index in [1.54, 1.807) is 0 Å². The van der Waals surface area contributed by atoms with Gasteiger partial charge in [-0.15, -0.1) is 11.8 Å². The molecule has 25 heavy (non-hydrogen) atoms. The molecule has 0 heterocycles. The van der Waals surface area contributed by atoms with E-state index in [0.29, 0.717) is 5.92 Å². The molecule has 2 aromatic rings. The van der Waals surface area contributed by atoms with Crippen LogP contribution in [0.4, 0.5) is 10.5 Å². The first-order chi connectivity index (χ1) is 12.2. The van der Waals surface area contributed by atoms with Gasteiger partial charge in [0.05, 0.1) is 0 Å². The van der Waals surface area contributed by atoms with Gasteiger partial charge in [0.25, 0.3) is 0 Å². The summed E-state index contributed by atoms with van der Waals surface area (Å²) in [4.78, 5) is 12.2. The summed E-state index contributed by atoms with van der Waals surface area (Å²) < 4.78 is 0. The third-order valence-corrected chi connectivity index (χ3v) is 5.60. The first-order valence-electron chi connectivity index (χ1n) is 8.75. The lowest BCUT2D eigenvalue weighted by atomic mass is 9.89. The van der Waals surface area contributed by atoms with Crippen LogP contribution in [0.1, 0.15) is 36.3 Å². The molecule has 2 nitrogen and oxygen atoms in total.